The van der Waals surface area contributed by atoms with Crippen molar-refractivity contribution in [1.82, 2.24) is 0 Å². The van der Waals surface area contributed by atoms with Gasteiger partial charge in [-0.05, 0) is 47.0 Å². The van der Waals surface area contributed by atoms with E-state index >= 15 is 0 Å². The Kier molecular flexibility index (Phi) is 4.16. The average molecular weight is 288 g/mol. The Balaban J connectivity index is 1.75. The second kappa shape index (κ2) is 6.59. The molecule has 0 atom stereocenters. The Morgan fingerprint density at radius 1 is 0.773 bits per heavy atom. The minimum absolute atomic E-state index is 0.272. The molecule has 3 nitrogen and oxygen atoms in total. The molecule has 0 spiro atoms. The van der Waals surface area contributed by atoms with Crippen molar-refractivity contribution in [1.29, 1.82) is 0 Å². The molecule has 0 unspecified atom stereocenters. The SMILES string of the molecule is Oc1ccc(-c2cccc(C=NNc3ccccc3)c2)cc1. The van der Waals surface area contributed by atoms with Crippen LogP contribution in [0.1, 0.15) is 5.56 Å². The molecule has 0 heterocycles. The molecule has 0 aromatic heterocycles. The smallest absolute Gasteiger partial charge is 0.115 e. The first-order valence-corrected chi connectivity index (χ1v) is 7.05. The van der Waals surface area contributed by atoms with Crippen molar-refractivity contribution in [3.8, 4) is 16.9 Å². The minimum atomic E-state index is 0.272. The molecule has 0 aliphatic rings. The van der Waals surface area contributed by atoms with E-state index in [9.17, 15) is 5.11 Å². The maximum atomic E-state index is 9.35. The molecule has 0 saturated carbocycles. The highest BCUT2D eigenvalue weighted by Crippen LogP contribution is 2.22. The van der Waals surface area contributed by atoms with E-state index in [1.807, 2.05) is 60.7 Å². The van der Waals surface area contributed by atoms with E-state index in [0.717, 1.165) is 22.4 Å². The molecule has 0 amide bonds. The predicted octanol–water partition coefficient (Wildman–Crippen LogP) is 4.51. The Bertz CT molecular complexity index is 765. The van der Waals surface area contributed by atoms with Gasteiger partial charge in [-0.3, -0.25) is 5.43 Å². The zero-order chi connectivity index (χ0) is 15.2. The third-order valence-corrected chi connectivity index (χ3v) is 3.27. The van der Waals surface area contributed by atoms with Gasteiger partial charge in [0, 0.05) is 0 Å². The lowest BCUT2D eigenvalue weighted by Crippen LogP contribution is -1.90. The largest absolute Gasteiger partial charge is 0.508 e. The Labute approximate surface area is 129 Å². The highest BCUT2D eigenvalue weighted by Gasteiger charge is 1.98. The van der Waals surface area contributed by atoms with Crippen molar-refractivity contribution >= 4 is 11.9 Å². The van der Waals surface area contributed by atoms with E-state index in [1.165, 1.54) is 0 Å². The zero-order valence-corrected chi connectivity index (χ0v) is 12.0. The summed E-state index contributed by atoms with van der Waals surface area (Å²) in [7, 11) is 0. The first-order chi connectivity index (χ1) is 10.8. The molecule has 3 rings (SSSR count). The molecule has 0 radical (unpaired) electrons. The second-order valence-corrected chi connectivity index (χ2v) is 4.91. The molecular weight excluding hydrogens is 272 g/mol. The van der Waals surface area contributed by atoms with Crippen LogP contribution in [-0.4, -0.2) is 11.3 Å². The summed E-state index contributed by atoms with van der Waals surface area (Å²) < 4.78 is 0. The molecular formula is C19H16N2O. The van der Waals surface area contributed by atoms with E-state index in [0.29, 0.717) is 0 Å². The summed E-state index contributed by atoms with van der Waals surface area (Å²) in [6.45, 7) is 0. The van der Waals surface area contributed by atoms with Crippen LogP contribution in [0.3, 0.4) is 0 Å². The van der Waals surface area contributed by atoms with Crippen molar-refractivity contribution in [2.24, 2.45) is 5.10 Å². The summed E-state index contributed by atoms with van der Waals surface area (Å²) in [5.41, 5.74) is 7.10. The number of nitrogens with zero attached hydrogens (tertiary/aromatic N) is 1. The van der Waals surface area contributed by atoms with Crippen LogP contribution in [0.15, 0.2) is 84.0 Å². The number of hydrazone groups is 1. The molecule has 0 saturated heterocycles. The van der Waals surface area contributed by atoms with E-state index in [4.69, 9.17) is 0 Å². The van der Waals surface area contributed by atoms with Crippen molar-refractivity contribution in [3.05, 3.63) is 84.4 Å². The lowest BCUT2D eigenvalue weighted by Gasteiger charge is -2.03. The van der Waals surface area contributed by atoms with Crippen LogP contribution in [0.5, 0.6) is 5.75 Å². The van der Waals surface area contributed by atoms with Crippen LogP contribution < -0.4 is 5.43 Å². The number of nitrogens with one attached hydrogen (secondary N) is 1. The molecule has 0 fully saturated rings. The Morgan fingerprint density at radius 2 is 1.55 bits per heavy atom. The van der Waals surface area contributed by atoms with Gasteiger partial charge >= 0.3 is 0 Å². The van der Waals surface area contributed by atoms with Gasteiger partial charge in [0.25, 0.3) is 0 Å². The van der Waals surface area contributed by atoms with Gasteiger partial charge < -0.3 is 5.11 Å². The first-order valence-electron chi connectivity index (χ1n) is 7.05. The van der Waals surface area contributed by atoms with Crippen LogP contribution in [0, 0.1) is 0 Å². The average Bonchev–Trinajstić information content (AvgIpc) is 2.57. The quantitative estimate of drug-likeness (QED) is 0.548. The first kappa shape index (κ1) is 13.9. The summed E-state index contributed by atoms with van der Waals surface area (Å²) in [6, 6.07) is 25.1. The number of hydrogen-bond acceptors (Lipinski definition) is 3. The molecule has 3 aromatic carbocycles. The van der Waals surface area contributed by atoms with E-state index in [2.05, 4.69) is 16.6 Å². The molecule has 3 heteroatoms. The van der Waals surface area contributed by atoms with E-state index in [1.54, 1.807) is 18.3 Å². The van der Waals surface area contributed by atoms with Gasteiger partial charge in [0.15, 0.2) is 0 Å². The summed E-state index contributed by atoms with van der Waals surface area (Å²) in [4.78, 5) is 0. The number of anilines is 1. The fraction of sp³-hybridized carbons (Fsp3) is 0. The predicted molar refractivity (Wildman–Crippen MR) is 91.2 cm³/mol. The van der Waals surface area contributed by atoms with Crippen molar-refractivity contribution in [2.45, 2.75) is 0 Å². The van der Waals surface area contributed by atoms with Crippen molar-refractivity contribution in [3.63, 3.8) is 0 Å². The summed E-state index contributed by atoms with van der Waals surface area (Å²) in [5.74, 6) is 0.272. The van der Waals surface area contributed by atoms with Gasteiger partial charge in [-0.25, -0.2) is 0 Å². The van der Waals surface area contributed by atoms with Crippen LogP contribution >= 0.6 is 0 Å². The second-order valence-electron chi connectivity index (χ2n) is 4.91. The summed E-state index contributed by atoms with van der Waals surface area (Å²) in [5, 5.41) is 13.6. The third-order valence-electron chi connectivity index (χ3n) is 3.27. The van der Waals surface area contributed by atoms with Crippen LogP contribution in [0.2, 0.25) is 0 Å². The number of aromatic hydroxyl groups is 1. The van der Waals surface area contributed by atoms with Gasteiger partial charge in [0.2, 0.25) is 0 Å². The van der Waals surface area contributed by atoms with Crippen LogP contribution in [0.25, 0.3) is 11.1 Å². The molecule has 2 N–H and O–H groups in total. The third kappa shape index (κ3) is 3.52. The maximum Gasteiger partial charge on any atom is 0.115 e. The summed E-state index contributed by atoms with van der Waals surface area (Å²) in [6.07, 6.45) is 1.79. The molecule has 108 valence electrons. The summed E-state index contributed by atoms with van der Waals surface area (Å²) >= 11 is 0. The Hall–Kier alpha value is -3.07. The van der Waals surface area contributed by atoms with Crippen molar-refractivity contribution in [2.75, 3.05) is 5.43 Å². The number of benzene rings is 3. The van der Waals surface area contributed by atoms with Gasteiger partial charge in [-0.1, -0.05) is 48.5 Å². The monoisotopic (exact) mass is 288 g/mol. The van der Waals surface area contributed by atoms with Crippen molar-refractivity contribution < 1.29 is 5.11 Å². The maximum absolute atomic E-state index is 9.35. The van der Waals surface area contributed by atoms with Gasteiger partial charge in [0.05, 0.1) is 11.9 Å². The van der Waals surface area contributed by atoms with Gasteiger partial charge in [0.1, 0.15) is 5.75 Å². The zero-order valence-electron chi connectivity index (χ0n) is 12.0. The molecule has 0 aliphatic carbocycles. The number of phenolic OH excluding ortho intramolecular Hbond substituents is 1. The van der Waals surface area contributed by atoms with Gasteiger partial charge in [-0.2, -0.15) is 5.10 Å². The standard InChI is InChI=1S/C19H16N2O/c22-19-11-9-16(10-12-19)17-6-4-5-15(13-17)14-20-21-18-7-2-1-3-8-18/h1-14,21-22H. The lowest BCUT2D eigenvalue weighted by atomic mass is 10.0. The lowest BCUT2D eigenvalue weighted by molar-refractivity contribution is 0.475. The molecule has 22 heavy (non-hydrogen) atoms. The fourth-order valence-corrected chi connectivity index (χ4v) is 2.15. The fourth-order valence-electron chi connectivity index (χ4n) is 2.15. The Morgan fingerprint density at radius 3 is 2.32 bits per heavy atom. The molecule has 3 aromatic rings. The normalized spacial score (nSPS) is 10.7. The molecule has 0 bridgehead atoms. The highest BCUT2D eigenvalue weighted by atomic mass is 16.3. The number of rotatable bonds is 4. The van der Waals surface area contributed by atoms with Crippen LogP contribution in [0.4, 0.5) is 5.69 Å². The van der Waals surface area contributed by atoms with Gasteiger partial charge in [-0.15, -0.1) is 0 Å². The topological polar surface area (TPSA) is 44.6 Å². The minimum Gasteiger partial charge on any atom is -0.508 e. The molecule has 0 aliphatic heterocycles. The highest BCUT2D eigenvalue weighted by molar-refractivity contribution is 5.83. The number of para-hydroxylation sites is 1. The van der Waals surface area contributed by atoms with E-state index in [-0.39, 0.29) is 5.75 Å². The number of hydrogen-bond donors (Lipinski definition) is 2. The van der Waals surface area contributed by atoms with E-state index < -0.39 is 0 Å². The number of phenols is 1. The van der Waals surface area contributed by atoms with Crippen LogP contribution in [-0.2, 0) is 0 Å².